The molecule has 1 fully saturated rings. The van der Waals surface area contributed by atoms with Gasteiger partial charge in [0.2, 0.25) is 5.75 Å². The molecule has 33 heavy (non-hydrogen) atoms. The molecule has 0 radical (unpaired) electrons. The summed E-state index contributed by atoms with van der Waals surface area (Å²) in [4.78, 5) is 22.4. The third-order valence-corrected chi connectivity index (χ3v) is 6.68. The topological polar surface area (TPSA) is 64.1 Å². The molecule has 1 aliphatic rings. The normalized spacial score (nSPS) is 13.9. The van der Waals surface area contributed by atoms with Crippen molar-refractivity contribution < 1.29 is 19.0 Å². The number of aryl methyl sites for hydroxylation is 1. The molecule has 0 atom stereocenters. The zero-order chi connectivity index (χ0) is 23.4. The van der Waals surface area contributed by atoms with Gasteiger partial charge in [-0.25, -0.2) is 4.98 Å². The first kappa shape index (κ1) is 23.2. The molecule has 0 spiro atoms. The number of aromatic nitrogens is 1. The van der Waals surface area contributed by atoms with Crippen LogP contribution in [0.1, 0.15) is 36.7 Å². The van der Waals surface area contributed by atoms with Crippen LogP contribution < -0.4 is 19.1 Å². The molecular formula is C25H31N3O4S. The lowest BCUT2D eigenvalue weighted by Gasteiger charge is -2.34. The van der Waals surface area contributed by atoms with E-state index in [-0.39, 0.29) is 5.91 Å². The van der Waals surface area contributed by atoms with Gasteiger partial charge < -0.3 is 24.0 Å². The van der Waals surface area contributed by atoms with Crippen molar-refractivity contribution >= 4 is 32.6 Å². The molecule has 0 N–H and O–H groups in total. The highest BCUT2D eigenvalue weighted by Crippen LogP contribution is 2.39. The lowest BCUT2D eigenvalue weighted by Crippen LogP contribution is -2.48. The van der Waals surface area contributed by atoms with E-state index >= 15 is 0 Å². The fourth-order valence-electron chi connectivity index (χ4n) is 4.01. The molecule has 0 aliphatic carbocycles. The largest absolute Gasteiger partial charge is 0.490 e. The van der Waals surface area contributed by atoms with Gasteiger partial charge >= 0.3 is 0 Å². The van der Waals surface area contributed by atoms with Gasteiger partial charge in [0, 0.05) is 31.7 Å². The van der Waals surface area contributed by atoms with Crippen molar-refractivity contribution in [3.8, 4) is 17.2 Å². The van der Waals surface area contributed by atoms with Crippen LogP contribution >= 0.6 is 11.3 Å². The second-order valence-electron chi connectivity index (χ2n) is 7.80. The van der Waals surface area contributed by atoms with Gasteiger partial charge in [-0.1, -0.05) is 23.5 Å². The summed E-state index contributed by atoms with van der Waals surface area (Å²) in [5.74, 6) is 1.60. The summed E-state index contributed by atoms with van der Waals surface area (Å²) in [6, 6.07) is 9.80. The fraction of sp³-hybridized carbons (Fsp3) is 0.440. The molecular weight excluding hydrogens is 438 g/mol. The number of anilines is 1. The van der Waals surface area contributed by atoms with Gasteiger partial charge in [0.15, 0.2) is 16.6 Å². The summed E-state index contributed by atoms with van der Waals surface area (Å²) in [5.41, 5.74) is 2.81. The molecule has 2 aromatic carbocycles. The number of piperazine rings is 1. The predicted octanol–water partition coefficient (Wildman–Crippen LogP) is 4.76. The Morgan fingerprint density at radius 3 is 2.18 bits per heavy atom. The van der Waals surface area contributed by atoms with Gasteiger partial charge in [-0.05, 0) is 51.5 Å². The van der Waals surface area contributed by atoms with E-state index in [0.717, 1.165) is 23.7 Å². The number of nitrogens with zero attached hydrogens (tertiary/aromatic N) is 3. The first-order valence-electron chi connectivity index (χ1n) is 11.5. The van der Waals surface area contributed by atoms with Gasteiger partial charge in [-0.2, -0.15) is 0 Å². The number of hydrogen-bond donors (Lipinski definition) is 0. The highest BCUT2D eigenvalue weighted by atomic mass is 32.1. The number of ether oxygens (including phenoxy) is 3. The Hall–Kier alpha value is -3.00. The summed E-state index contributed by atoms with van der Waals surface area (Å²) in [6.07, 6.45) is 0. The Balaban J connectivity index is 1.51. The number of amides is 1. The van der Waals surface area contributed by atoms with Crippen LogP contribution in [0.4, 0.5) is 5.13 Å². The molecule has 8 heteroatoms. The molecule has 1 aliphatic heterocycles. The predicted molar refractivity (Wildman–Crippen MR) is 132 cm³/mol. The molecule has 1 amide bonds. The Morgan fingerprint density at radius 2 is 1.61 bits per heavy atom. The van der Waals surface area contributed by atoms with Crippen LogP contribution in [0.5, 0.6) is 17.2 Å². The van der Waals surface area contributed by atoms with Crippen LogP contribution in [0, 0.1) is 6.92 Å². The molecule has 7 nitrogen and oxygen atoms in total. The van der Waals surface area contributed by atoms with E-state index in [4.69, 9.17) is 19.2 Å². The van der Waals surface area contributed by atoms with Crippen LogP contribution in [0.2, 0.25) is 0 Å². The van der Waals surface area contributed by atoms with Crippen molar-refractivity contribution in [2.75, 3.05) is 50.9 Å². The second kappa shape index (κ2) is 10.3. The van der Waals surface area contributed by atoms with Crippen molar-refractivity contribution in [2.45, 2.75) is 27.7 Å². The van der Waals surface area contributed by atoms with Gasteiger partial charge in [0.1, 0.15) is 0 Å². The molecule has 0 bridgehead atoms. The zero-order valence-corrected chi connectivity index (χ0v) is 20.5. The summed E-state index contributed by atoms with van der Waals surface area (Å²) >= 11 is 1.71. The van der Waals surface area contributed by atoms with Crippen molar-refractivity contribution in [3.05, 3.63) is 41.5 Å². The summed E-state index contributed by atoms with van der Waals surface area (Å²) in [6.45, 7) is 12.0. The molecule has 1 saturated heterocycles. The third-order valence-electron chi connectivity index (χ3n) is 5.60. The maximum absolute atomic E-state index is 13.4. The maximum atomic E-state index is 13.4. The minimum Gasteiger partial charge on any atom is -0.490 e. The number of carbonyl (C=O) groups excluding carboxylic acids is 1. The Morgan fingerprint density at radius 1 is 0.970 bits per heavy atom. The number of hydrogen-bond acceptors (Lipinski definition) is 7. The van der Waals surface area contributed by atoms with Gasteiger partial charge in [-0.15, -0.1) is 0 Å². The van der Waals surface area contributed by atoms with Crippen LogP contribution in [0.3, 0.4) is 0 Å². The Bertz CT molecular complexity index is 1100. The molecule has 1 aromatic heterocycles. The van der Waals surface area contributed by atoms with E-state index in [1.165, 1.54) is 10.3 Å². The molecule has 0 unspecified atom stereocenters. The first-order valence-corrected chi connectivity index (χ1v) is 12.3. The molecule has 4 rings (SSSR count). The van der Waals surface area contributed by atoms with E-state index in [9.17, 15) is 4.79 Å². The monoisotopic (exact) mass is 469 g/mol. The van der Waals surface area contributed by atoms with Crippen LogP contribution in [0.15, 0.2) is 30.3 Å². The number of benzene rings is 2. The lowest BCUT2D eigenvalue weighted by atomic mass is 10.1. The van der Waals surface area contributed by atoms with E-state index < -0.39 is 0 Å². The van der Waals surface area contributed by atoms with E-state index in [1.54, 1.807) is 23.5 Å². The molecule has 2 heterocycles. The highest BCUT2D eigenvalue weighted by molar-refractivity contribution is 7.22. The van der Waals surface area contributed by atoms with E-state index in [2.05, 4.69) is 30.0 Å². The highest BCUT2D eigenvalue weighted by Gasteiger charge is 2.26. The SMILES string of the molecule is CCOc1cc(C(=O)N2CCN(c3nc4c(C)cccc4s3)CC2)cc(OCC)c1OCC. The number of thiazole rings is 1. The summed E-state index contributed by atoms with van der Waals surface area (Å²) in [7, 11) is 0. The van der Waals surface area contributed by atoms with Gasteiger partial charge in [0.25, 0.3) is 5.91 Å². The minimum atomic E-state index is -0.0280. The summed E-state index contributed by atoms with van der Waals surface area (Å²) < 4.78 is 18.5. The van der Waals surface area contributed by atoms with Crippen molar-refractivity contribution in [3.63, 3.8) is 0 Å². The van der Waals surface area contributed by atoms with Gasteiger partial charge in [0.05, 0.1) is 30.0 Å². The Labute approximate surface area is 198 Å². The van der Waals surface area contributed by atoms with Crippen LogP contribution in [-0.2, 0) is 0 Å². The smallest absolute Gasteiger partial charge is 0.254 e. The Kier molecular flexibility index (Phi) is 7.23. The number of rotatable bonds is 8. The standard InChI is InChI=1S/C25H31N3O4S/c1-5-30-19-15-18(16-20(31-6-2)23(19)32-7-3)24(29)27-11-13-28(14-12-27)25-26-22-17(4)9-8-10-21(22)33-25/h8-10,15-16H,5-7,11-14H2,1-4H3. The third kappa shape index (κ3) is 4.85. The molecule has 176 valence electrons. The number of fused-ring (bicyclic) bond motifs is 1. The lowest BCUT2D eigenvalue weighted by molar-refractivity contribution is 0.0745. The number of carbonyl (C=O) groups is 1. The van der Waals surface area contributed by atoms with Crippen molar-refractivity contribution in [1.29, 1.82) is 0 Å². The maximum Gasteiger partial charge on any atom is 0.254 e. The molecule has 0 saturated carbocycles. The first-order chi connectivity index (χ1) is 16.0. The number of para-hydroxylation sites is 1. The summed E-state index contributed by atoms with van der Waals surface area (Å²) in [5, 5.41) is 1.02. The van der Waals surface area contributed by atoms with Gasteiger partial charge in [-0.3, -0.25) is 4.79 Å². The van der Waals surface area contributed by atoms with Crippen molar-refractivity contribution in [2.24, 2.45) is 0 Å². The van der Waals surface area contributed by atoms with Crippen LogP contribution in [-0.4, -0.2) is 61.8 Å². The second-order valence-corrected chi connectivity index (χ2v) is 8.81. The molecule has 3 aromatic rings. The van der Waals surface area contributed by atoms with E-state index in [0.29, 0.717) is 55.7 Å². The zero-order valence-electron chi connectivity index (χ0n) is 19.7. The average Bonchev–Trinajstić information content (AvgIpc) is 3.27. The average molecular weight is 470 g/mol. The van der Waals surface area contributed by atoms with Crippen molar-refractivity contribution in [1.82, 2.24) is 9.88 Å². The quantitative estimate of drug-likeness (QED) is 0.474. The minimum absolute atomic E-state index is 0.0280. The van der Waals surface area contributed by atoms with E-state index in [1.807, 2.05) is 25.7 Å². The van der Waals surface area contributed by atoms with Crippen LogP contribution in [0.25, 0.3) is 10.2 Å². The fourth-order valence-corrected chi connectivity index (χ4v) is 5.10.